The molecule has 5 nitrogen and oxygen atoms in total. The number of rotatable bonds is 1. The smallest absolute Gasteiger partial charge is 0.408 e. The minimum atomic E-state index is -4.41. The first-order chi connectivity index (χ1) is 6.97. The van der Waals surface area contributed by atoms with Crippen LogP contribution in [-0.4, -0.2) is 21.2 Å². The first-order valence-corrected chi connectivity index (χ1v) is 3.85. The number of aromatic nitrogens is 3. The summed E-state index contributed by atoms with van der Waals surface area (Å²) in [5, 5.41) is 6.54. The third kappa shape index (κ3) is 1.83. The first-order valence-electron chi connectivity index (χ1n) is 3.85. The summed E-state index contributed by atoms with van der Waals surface area (Å²) in [5.41, 5.74) is -1.01. The van der Waals surface area contributed by atoms with Crippen LogP contribution in [0.15, 0.2) is 21.5 Å². The Hall–Kier alpha value is -1.86. The predicted octanol–water partition coefficient (Wildman–Crippen LogP) is 0.947. The van der Waals surface area contributed by atoms with Crippen molar-refractivity contribution in [1.29, 1.82) is 0 Å². The van der Waals surface area contributed by atoms with Crippen molar-refractivity contribution >= 4 is 11.0 Å². The van der Waals surface area contributed by atoms with E-state index in [4.69, 9.17) is 0 Å². The second-order valence-corrected chi connectivity index (χ2v) is 2.80. The summed E-state index contributed by atoms with van der Waals surface area (Å²) in [7, 11) is 0. The lowest BCUT2D eigenvalue weighted by atomic mass is 10.4. The molecule has 0 aliphatic carbocycles. The number of alkyl halides is 3. The molecule has 2 aromatic rings. The zero-order valence-corrected chi connectivity index (χ0v) is 7.15. The molecule has 0 fully saturated rings. The molecule has 0 saturated carbocycles. The topological polar surface area (TPSA) is 60.9 Å². The Morgan fingerprint density at radius 3 is 2.87 bits per heavy atom. The highest BCUT2D eigenvalue weighted by molar-refractivity contribution is 5.71. The van der Waals surface area contributed by atoms with Crippen molar-refractivity contribution in [2.75, 3.05) is 0 Å². The molecule has 0 atom stereocenters. The van der Waals surface area contributed by atoms with E-state index in [0.29, 0.717) is 4.68 Å². The van der Waals surface area contributed by atoms with Gasteiger partial charge < -0.3 is 4.42 Å². The molecular weight excluding hydrogens is 215 g/mol. The Balaban J connectivity index is 2.55. The van der Waals surface area contributed by atoms with Gasteiger partial charge in [-0.25, -0.2) is 9.48 Å². The normalized spacial score (nSPS) is 12.2. The average Bonchev–Trinajstić information content (AvgIpc) is 2.48. The lowest BCUT2D eigenvalue weighted by molar-refractivity contribution is -0.142. The van der Waals surface area contributed by atoms with E-state index in [9.17, 15) is 18.0 Å². The van der Waals surface area contributed by atoms with Gasteiger partial charge in [0.2, 0.25) is 0 Å². The van der Waals surface area contributed by atoms with Crippen LogP contribution in [0.1, 0.15) is 0 Å². The Bertz CT molecular complexity index is 542. The summed E-state index contributed by atoms with van der Waals surface area (Å²) < 4.78 is 41.2. The van der Waals surface area contributed by atoms with Gasteiger partial charge in [0, 0.05) is 6.07 Å². The summed E-state index contributed by atoms with van der Waals surface area (Å²) in [6.07, 6.45) is -3.41. The molecule has 15 heavy (non-hydrogen) atoms. The van der Waals surface area contributed by atoms with Crippen LogP contribution >= 0.6 is 0 Å². The van der Waals surface area contributed by atoms with Crippen molar-refractivity contribution in [3.63, 3.8) is 0 Å². The summed E-state index contributed by atoms with van der Waals surface area (Å²) in [5.74, 6) is 0. The van der Waals surface area contributed by atoms with Gasteiger partial charge in [-0.05, 0) is 0 Å². The van der Waals surface area contributed by atoms with E-state index < -0.39 is 18.3 Å². The van der Waals surface area contributed by atoms with Gasteiger partial charge in [-0.15, -0.1) is 5.10 Å². The Kier molecular flexibility index (Phi) is 1.98. The van der Waals surface area contributed by atoms with Crippen LogP contribution in [0.3, 0.4) is 0 Å². The molecule has 0 aromatic carbocycles. The van der Waals surface area contributed by atoms with Crippen LogP contribution in [0, 0.1) is 0 Å². The quantitative estimate of drug-likeness (QED) is 0.716. The van der Waals surface area contributed by atoms with Gasteiger partial charge in [0.15, 0.2) is 5.52 Å². The Morgan fingerprint density at radius 1 is 1.47 bits per heavy atom. The maximum absolute atomic E-state index is 12.1. The van der Waals surface area contributed by atoms with Crippen LogP contribution < -0.4 is 5.63 Å². The van der Waals surface area contributed by atoms with Gasteiger partial charge >= 0.3 is 11.8 Å². The van der Waals surface area contributed by atoms with Crippen LogP contribution in [0.25, 0.3) is 11.0 Å². The second-order valence-electron chi connectivity index (χ2n) is 2.80. The number of halogens is 3. The van der Waals surface area contributed by atoms with E-state index in [0.717, 1.165) is 6.26 Å². The maximum atomic E-state index is 12.1. The molecule has 2 aromatic heterocycles. The van der Waals surface area contributed by atoms with E-state index in [2.05, 4.69) is 14.7 Å². The molecule has 0 saturated heterocycles. The summed E-state index contributed by atoms with van der Waals surface area (Å²) in [6, 6.07) is 1.21. The summed E-state index contributed by atoms with van der Waals surface area (Å²) in [6.45, 7) is -1.28. The van der Waals surface area contributed by atoms with Crippen molar-refractivity contribution in [2.24, 2.45) is 0 Å². The molecule has 0 aliphatic heterocycles. The fourth-order valence-corrected chi connectivity index (χ4v) is 1.13. The molecule has 0 amide bonds. The monoisotopic (exact) mass is 219 g/mol. The SMILES string of the molecule is O=c1occc2c1nnn2CC(F)(F)F. The van der Waals surface area contributed by atoms with Gasteiger partial charge in [-0.3, -0.25) is 0 Å². The molecule has 0 radical (unpaired) electrons. The Morgan fingerprint density at radius 2 is 2.20 bits per heavy atom. The first kappa shape index (κ1) is 9.69. The average molecular weight is 219 g/mol. The highest BCUT2D eigenvalue weighted by Crippen LogP contribution is 2.18. The zero-order chi connectivity index (χ0) is 11.1. The molecule has 8 heteroatoms. The summed E-state index contributed by atoms with van der Waals surface area (Å²) >= 11 is 0. The third-order valence-electron chi connectivity index (χ3n) is 1.70. The molecule has 2 heterocycles. The lowest BCUT2D eigenvalue weighted by Crippen LogP contribution is -2.18. The van der Waals surface area contributed by atoms with E-state index in [-0.39, 0.29) is 11.0 Å². The summed E-state index contributed by atoms with van der Waals surface area (Å²) in [4.78, 5) is 11.0. The molecule has 0 aliphatic rings. The number of hydrogen-bond acceptors (Lipinski definition) is 4. The number of fused-ring (bicyclic) bond motifs is 1. The molecule has 80 valence electrons. The van der Waals surface area contributed by atoms with Gasteiger partial charge in [-0.1, -0.05) is 5.21 Å². The van der Waals surface area contributed by atoms with Gasteiger partial charge in [0.05, 0.1) is 11.8 Å². The van der Waals surface area contributed by atoms with Crippen LogP contribution in [-0.2, 0) is 6.54 Å². The molecular formula is C7H4F3N3O2. The van der Waals surface area contributed by atoms with Crippen LogP contribution in [0.5, 0.6) is 0 Å². The molecule has 0 N–H and O–H groups in total. The van der Waals surface area contributed by atoms with Crippen molar-refractivity contribution in [2.45, 2.75) is 12.7 Å². The van der Waals surface area contributed by atoms with E-state index >= 15 is 0 Å². The predicted molar refractivity (Wildman–Crippen MR) is 42.1 cm³/mol. The standard InChI is InChI=1S/C7H4F3N3O2/c8-7(9,10)3-13-4-1-2-15-6(14)5(4)11-12-13/h1-2H,3H2. The van der Waals surface area contributed by atoms with Gasteiger partial charge in [0.1, 0.15) is 6.54 Å². The fraction of sp³-hybridized carbons (Fsp3) is 0.286. The number of hydrogen-bond donors (Lipinski definition) is 0. The van der Waals surface area contributed by atoms with E-state index in [1.54, 1.807) is 0 Å². The molecule has 0 bridgehead atoms. The molecule has 0 unspecified atom stereocenters. The highest BCUT2D eigenvalue weighted by Gasteiger charge is 2.29. The van der Waals surface area contributed by atoms with E-state index in [1.807, 2.05) is 0 Å². The van der Waals surface area contributed by atoms with Gasteiger partial charge in [0.25, 0.3) is 0 Å². The van der Waals surface area contributed by atoms with E-state index in [1.165, 1.54) is 6.07 Å². The Labute approximate surface area is 80.1 Å². The van der Waals surface area contributed by atoms with Crippen molar-refractivity contribution < 1.29 is 17.6 Å². The fourth-order valence-electron chi connectivity index (χ4n) is 1.13. The highest BCUT2D eigenvalue weighted by atomic mass is 19.4. The third-order valence-corrected chi connectivity index (χ3v) is 1.70. The molecule has 0 spiro atoms. The lowest BCUT2D eigenvalue weighted by Gasteiger charge is -2.05. The van der Waals surface area contributed by atoms with Crippen LogP contribution in [0.4, 0.5) is 13.2 Å². The van der Waals surface area contributed by atoms with Crippen LogP contribution in [0.2, 0.25) is 0 Å². The minimum absolute atomic E-state index is 0.00331. The number of nitrogens with zero attached hydrogens (tertiary/aromatic N) is 3. The largest absolute Gasteiger partial charge is 0.430 e. The van der Waals surface area contributed by atoms with Crippen molar-refractivity contribution in [3.8, 4) is 0 Å². The van der Waals surface area contributed by atoms with Crippen molar-refractivity contribution in [1.82, 2.24) is 15.0 Å². The van der Waals surface area contributed by atoms with Crippen molar-refractivity contribution in [3.05, 3.63) is 22.7 Å². The minimum Gasteiger partial charge on any atom is -0.430 e. The second kappa shape index (κ2) is 3.07. The van der Waals surface area contributed by atoms with Gasteiger partial charge in [-0.2, -0.15) is 13.2 Å². The zero-order valence-electron chi connectivity index (χ0n) is 7.15. The maximum Gasteiger partial charge on any atom is 0.408 e. The molecule has 2 rings (SSSR count).